The minimum atomic E-state index is -0.848. The van der Waals surface area contributed by atoms with Crippen LogP contribution in [0, 0.1) is 10.8 Å². The minimum absolute atomic E-state index is 0.000506. The van der Waals surface area contributed by atoms with Gasteiger partial charge in [0, 0.05) is 25.0 Å². The highest BCUT2D eigenvalue weighted by Crippen LogP contribution is 2.55. The van der Waals surface area contributed by atoms with Crippen molar-refractivity contribution in [3.8, 4) is 0 Å². The number of carboxylic acid groups (broad SMARTS) is 1. The summed E-state index contributed by atoms with van der Waals surface area (Å²) in [6, 6.07) is 1.79. The Labute approximate surface area is 139 Å². The summed E-state index contributed by atoms with van der Waals surface area (Å²) in [6.45, 7) is 8.55. The molecule has 2 aliphatic rings. The molecule has 0 spiro atoms. The Morgan fingerprint density at radius 2 is 2.09 bits per heavy atom. The van der Waals surface area contributed by atoms with E-state index >= 15 is 0 Å². The molecule has 3 heterocycles. The lowest BCUT2D eigenvalue weighted by Gasteiger charge is -2.58. The van der Waals surface area contributed by atoms with Crippen molar-refractivity contribution in [1.82, 2.24) is 9.88 Å². The predicted octanol–water partition coefficient (Wildman–Crippen LogP) is 3.60. The number of halogens is 2. The van der Waals surface area contributed by atoms with Crippen LogP contribution in [0.5, 0.6) is 0 Å². The average Bonchev–Trinajstić information content (AvgIpc) is 2.67. The molecule has 0 aromatic carbocycles. The molecule has 2 aliphatic heterocycles. The third-order valence-electron chi connectivity index (χ3n) is 5.22. The molecular formula is C15H19Cl2N3O2. The molecule has 0 bridgehead atoms. The van der Waals surface area contributed by atoms with E-state index in [1.165, 1.54) is 4.90 Å². The summed E-state index contributed by atoms with van der Waals surface area (Å²) < 4.78 is 0. The highest BCUT2D eigenvalue weighted by atomic mass is 35.5. The Bertz CT molecular complexity index is 632. The second-order valence-corrected chi connectivity index (χ2v) is 7.94. The Balaban J connectivity index is 1.92. The van der Waals surface area contributed by atoms with Gasteiger partial charge in [0.05, 0.1) is 22.9 Å². The largest absolute Gasteiger partial charge is 0.465 e. The standard InChI is InChI=1S/C15H19Cl2N3O2/c1-14(2,3)15-7-19(6-11(15)20(8-15)13(21)22)9-4-10(16)12(17)18-5-9/h4-5,11H,6-8H2,1-3H3,(H,21,22)/t11-,15+/m1/s1. The molecule has 7 heteroatoms. The van der Waals surface area contributed by atoms with E-state index in [0.717, 1.165) is 12.2 Å². The quantitative estimate of drug-likeness (QED) is 0.791. The highest BCUT2D eigenvalue weighted by Gasteiger charge is 2.64. The maximum Gasteiger partial charge on any atom is 0.407 e. The second-order valence-electron chi connectivity index (χ2n) is 7.18. The number of rotatable bonds is 1. The van der Waals surface area contributed by atoms with E-state index < -0.39 is 6.09 Å². The summed E-state index contributed by atoms with van der Waals surface area (Å²) in [5.74, 6) is 0. The Hall–Kier alpha value is -1.20. The predicted molar refractivity (Wildman–Crippen MR) is 86.9 cm³/mol. The maximum absolute atomic E-state index is 11.4. The van der Waals surface area contributed by atoms with E-state index in [9.17, 15) is 9.90 Å². The number of carbonyl (C=O) groups is 1. The van der Waals surface area contributed by atoms with Crippen LogP contribution < -0.4 is 4.90 Å². The van der Waals surface area contributed by atoms with Crippen molar-refractivity contribution >= 4 is 35.0 Å². The van der Waals surface area contributed by atoms with Crippen LogP contribution in [0.4, 0.5) is 10.5 Å². The van der Waals surface area contributed by atoms with Crippen molar-refractivity contribution in [2.45, 2.75) is 26.8 Å². The lowest BCUT2D eigenvalue weighted by atomic mass is 9.58. The Morgan fingerprint density at radius 3 is 2.64 bits per heavy atom. The lowest BCUT2D eigenvalue weighted by molar-refractivity contribution is -0.0901. The van der Waals surface area contributed by atoms with Crippen LogP contribution in [-0.4, -0.2) is 46.8 Å². The zero-order valence-electron chi connectivity index (χ0n) is 12.8. The van der Waals surface area contributed by atoms with E-state index in [2.05, 4.69) is 30.7 Å². The lowest BCUT2D eigenvalue weighted by Crippen LogP contribution is -2.70. The molecule has 3 rings (SSSR count). The number of amides is 1. The van der Waals surface area contributed by atoms with Gasteiger partial charge >= 0.3 is 6.09 Å². The molecule has 1 aromatic rings. The minimum Gasteiger partial charge on any atom is -0.465 e. The summed E-state index contributed by atoms with van der Waals surface area (Å²) in [5, 5.41) is 10.1. The van der Waals surface area contributed by atoms with Crippen molar-refractivity contribution in [2.24, 2.45) is 10.8 Å². The van der Waals surface area contributed by atoms with E-state index in [4.69, 9.17) is 23.2 Å². The van der Waals surface area contributed by atoms with Crippen LogP contribution in [0.3, 0.4) is 0 Å². The van der Waals surface area contributed by atoms with Gasteiger partial charge in [-0.1, -0.05) is 44.0 Å². The third-order valence-corrected chi connectivity index (χ3v) is 5.91. The summed E-state index contributed by atoms with van der Waals surface area (Å²) in [5.41, 5.74) is 0.859. The molecule has 1 aromatic heterocycles. The van der Waals surface area contributed by atoms with Gasteiger partial charge in [-0.15, -0.1) is 0 Å². The van der Waals surface area contributed by atoms with Gasteiger partial charge in [0.1, 0.15) is 5.15 Å². The van der Waals surface area contributed by atoms with Crippen LogP contribution >= 0.6 is 23.2 Å². The van der Waals surface area contributed by atoms with Crippen molar-refractivity contribution in [2.75, 3.05) is 24.5 Å². The van der Waals surface area contributed by atoms with Gasteiger partial charge in [-0.2, -0.15) is 0 Å². The first-order chi connectivity index (χ1) is 10.2. The van der Waals surface area contributed by atoms with Gasteiger partial charge < -0.3 is 14.9 Å². The molecule has 1 N–H and O–H groups in total. The Kier molecular flexibility index (Phi) is 3.49. The molecule has 1 amide bonds. The number of hydrogen-bond acceptors (Lipinski definition) is 3. The van der Waals surface area contributed by atoms with Crippen LogP contribution in [0.25, 0.3) is 0 Å². The van der Waals surface area contributed by atoms with Crippen LogP contribution in [0.15, 0.2) is 12.3 Å². The van der Waals surface area contributed by atoms with E-state index in [-0.39, 0.29) is 22.0 Å². The van der Waals surface area contributed by atoms with Crippen LogP contribution in [0.1, 0.15) is 20.8 Å². The van der Waals surface area contributed by atoms with Gasteiger partial charge in [0.2, 0.25) is 0 Å². The molecule has 2 saturated heterocycles. The summed E-state index contributed by atoms with van der Waals surface area (Å²) >= 11 is 11.9. The van der Waals surface area contributed by atoms with Crippen molar-refractivity contribution < 1.29 is 9.90 Å². The third kappa shape index (κ3) is 2.14. The number of pyridine rings is 1. The first kappa shape index (κ1) is 15.7. The first-order valence-electron chi connectivity index (χ1n) is 7.21. The number of aromatic nitrogens is 1. The number of nitrogens with zero attached hydrogens (tertiary/aromatic N) is 3. The zero-order chi connectivity index (χ0) is 16.3. The van der Waals surface area contributed by atoms with E-state index in [1.807, 2.05) is 0 Å². The van der Waals surface area contributed by atoms with Crippen LogP contribution in [-0.2, 0) is 0 Å². The average molecular weight is 344 g/mol. The molecule has 2 fully saturated rings. The topological polar surface area (TPSA) is 56.7 Å². The number of likely N-dealkylation sites (tertiary alicyclic amines) is 1. The van der Waals surface area contributed by atoms with E-state index in [1.54, 1.807) is 12.3 Å². The van der Waals surface area contributed by atoms with Gasteiger partial charge in [0.15, 0.2) is 0 Å². The summed E-state index contributed by atoms with van der Waals surface area (Å²) in [7, 11) is 0. The zero-order valence-corrected chi connectivity index (χ0v) is 14.3. The van der Waals surface area contributed by atoms with Crippen molar-refractivity contribution in [1.29, 1.82) is 0 Å². The van der Waals surface area contributed by atoms with Gasteiger partial charge in [-0.25, -0.2) is 9.78 Å². The molecule has 22 heavy (non-hydrogen) atoms. The first-order valence-corrected chi connectivity index (χ1v) is 7.97. The summed E-state index contributed by atoms with van der Waals surface area (Å²) in [6.07, 6.45) is 0.847. The molecule has 5 nitrogen and oxygen atoms in total. The van der Waals surface area contributed by atoms with E-state index in [0.29, 0.717) is 18.1 Å². The molecule has 120 valence electrons. The number of hydrogen-bond donors (Lipinski definition) is 1. The molecule has 2 atom stereocenters. The second kappa shape index (κ2) is 4.90. The smallest absolute Gasteiger partial charge is 0.407 e. The fourth-order valence-corrected chi connectivity index (χ4v) is 3.97. The van der Waals surface area contributed by atoms with Gasteiger partial charge in [0.25, 0.3) is 0 Å². The molecular weight excluding hydrogens is 325 g/mol. The van der Waals surface area contributed by atoms with Gasteiger partial charge in [-0.3, -0.25) is 0 Å². The van der Waals surface area contributed by atoms with Gasteiger partial charge in [-0.05, 0) is 11.5 Å². The highest BCUT2D eigenvalue weighted by molar-refractivity contribution is 6.41. The molecule has 0 aliphatic carbocycles. The summed E-state index contributed by atoms with van der Waals surface area (Å²) in [4.78, 5) is 19.2. The fourth-order valence-electron chi connectivity index (χ4n) is 3.70. The maximum atomic E-state index is 11.4. The van der Waals surface area contributed by atoms with Crippen LogP contribution in [0.2, 0.25) is 10.2 Å². The SMILES string of the molecule is CC(C)(C)[C@]12CN(c3cnc(Cl)c(Cl)c3)C[C@H]1N(C(=O)O)C2. The number of anilines is 1. The fraction of sp³-hybridized carbons (Fsp3) is 0.600. The monoisotopic (exact) mass is 343 g/mol. The molecule has 0 saturated carbocycles. The van der Waals surface area contributed by atoms with Crippen molar-refractivity contribution in [3.05, 3.63) is 22.4 Å². The van der Waals surface area contributed by atoms with Crippen molar-refractivity contribution in [3.63, 3.8) is 0 Å². The normalized spacial score (nSPS) is 27.6. The molecule has 0 unspecified atom stereocenters. The molecule has 0 radical (unpaired) electrons. The number of fused-ring (bicyclic) bond motifs is 1. The Morgan fingerprint density at radius 1 is 1.41 bits per heavy atom.